The van der Waals surface area contributed by atoms with E-state index in [1.54, 1.807) is 6.20 Å². The molecule has 1 aromatic heterocycles. The first-order valence-electron chi connectivity index (χ1n) is 10.4. The van der Waals surface area contributed by atoms with E-state index in [2.05, 4.69) is 34.3 Å². The lowest BCUT2D eigenvalue weighted by molar-refractivity contribution is 0.169. The molecule has 3 rings (SSSR count). The average molecular weight is 381 g/mol. The molecule has 2 heterocycles. The van der Waals surface area contributed by atoms with Crippen LogP contribution in [0.25, 0.3) is 0 Å². The number of aromatic nitrogens is 1. The van der Waals surface area contributed by atoms with Crippen molar-refractivity contribution in [3.05, 3.63) is 66.0 Å². The molecular weight excluding hydrogens is 348 g/mol. The molecule has 1 atom stereocenters. The largest absolute Gasteiger partial charge is 0.338 e. The molecule has 0 bridgehead atoms. The summed E-state index contributed by atoms with van der Waals surface area (Å²) in [7, 11) is 0. The van der Waals surface area contributed by atoms with Crippen molar-refractivity contribution >= 4 is 6.03 Å². The van der Waals surface area contributed by atoms with Gasteiger partial charge in [-0.3, -0.25) is 4.98 Å². The molecule has 1 aliphatic heterocycles. The van der Waals surface area contributed by atoms with Crippen LogP contribution in [0.1, 0.15) is 30.9 Å². The predicted octanol–water partition coefficient (Wildman–Crippen LogP) is 3.57. The van der Waals surface area contributed by atoms with E-state index in [0.29, 0.717) is 19.0 Å². The van der Waals surface area contributed by atoms with Gasteiger partial charge in [-0.05, 0) is 55.5 Å². The number of hydrogen-bond acceptors (Lipinski definition) is 3. The first-order valence-corrected chi connectivity index (χ1v) is 10.4. The van der Waals surface area contributed by atoms with Gasteiger partial charge < -0.3 is 15.1 Å². The van der Waals surface area contributed by atoms with Gasteiger partial charge in [0.1, 0.15) is 0 Å². The van der Waals surface area contributed by atoms with Gasteiger partial charge in [0.15, 0.2) is 0 Å². The van der Waals surface area contributed by atoms with Crippen LogP contribution in [0.4, 0.5) is 4.79 Å². The number of hydrogen-bond donors (Lipinski definition) is 1. The number of piperidine rings is 1. The summed E-state index contributed by atoms with van der Waals surface area (Å²) in [6.07, 6.45) is 6.87. The third kappa shape index (κ3) is 6.34. The summed E-state index contributed by atoms with van der Waals surface area (Å²) in [5.41, 5.74) is 2.30. The summed E-state index contributed by atoms with van der Waals surface area (Å²) in [4.78, 5) is 21.5. The highest BCUT2D eigenvalue weighted by Gasteiger charge is 2.21. The summed E-state index contributed by atoms with van der Waals surface area (Å²) < 4.78 is 0. The maximum atomic E-state index is 12.9. The van der Waals surface area contributed by atoms with Gasteiger partial charge in [-0.25, -0.2) is 4.79 Å². The first-order chi connectivity index (χ1) is 13.7. The number of pyridine rings is 1. The molecule has 2 amide bonds. The van der Waals surface area contributed by atoms with Gasteiger partial charge in [-0.15, -0.1) is 0 Å². The highest BCUT2D eigenvalue weighted by Crippen LogP contribution is 2.15. The summed E-state index contributed by atoms with van der Waals surface area (Å²) >= 11 is 0. The highest BCUT2D eigenvalue weighted by molar-refractivity contribution is 5.74. The quantitative estimate of drug-likeness (QED) is 0.762. The SMILES string of the molecule is CCN1CCCC(CNC(=O)N(CCc2ccccc2)Cc2cccnc2)C1. The molecule has 28 heavy (non-hydrogen) atoms. The van der Waals surface area contributed by atoms with Crippen molar-refractivity contribution in [2.24, 2.45) is 5.92 Å². The fraction of sp³-hybridized carbons (Fsp3) is 0.478. The molecule has 5 nitrogen and oxygen atoms in total. The van der Waals surface area contributed by atoms with E-state index in [4.69, 9.17) is 0 Å². The number of nitrogens with one attached hydrogen (secondary N) is 1. The second-order valence-electron chi connectivity index (χ2n) is 7.61. The molecule has 5 heteroatoms. The van der Waals surface area contributed by atoms with Crippen molar-refractivity contribution in [3.8, 4) is 0 Å². The van der Waals surface area contributed by atoms with E-state index >= 15 is 0 Å². The molecule has 0 saturated carbocycles. The van der Waals surface area contributed by atoms with Crippen LogP contribution in [-0.4, -0.2) is 53.5 Å². The van der Waals surface area contributed by atoms with Gasteiger partial charge in [-0.2, -0.15) is 0 Å². The summed E-state index contributed by atoms with van der Waals surface area (Å²) in [5, 5.41) is 3.19. The van der Waals surface area contributed by atoms with Gasteiger partial charge >= 0.3 is 6.03 Å². The standard InChI is InChI=1S/C23H32N4O/c1-2-26-14-7-11-22(18-26)17-25-23(28)27(19-21-10-6-13-24-16-21)15-12-20-8-4-3-5-9-20/h3-6,8-10,13,16,22H,2,7,11-12,14-15,17-19H2,1H3,(H,25,28). The fourth-order valence-electron chi connectivity index (χ4n) is 3.82. The van der Waals surface area contributed by atoms with Crippen LogP contribution in [-0.2, 0) is 13.0 Å². The third-order valence-electron chi connectivity index (χ3n) is 5.49. The topological polar surface area (TPSA) is 48.5 Å². The highest BCUT2D eigenvalue weighted by atomic mass is 16.2. The molecular formula is C23H32N4O. The Morgan fingerprint density at radius 1 is 1.21 bits per heavy atom. The van der Waals surface area contributed by atoms with Crippen LogP contribution in [0.2, 0.25) is 0 Å². The zero-order valence-electron chi connectivity index (χ0n) is 16.9. The van der Waals surface area contributed by atoms with Crippen LogP contribution < -0.4 is 5.32 Å². The Labute approximate surface area is 168 Å². The van der Waals surface area contributed by atoms with Crippen molar-refractivity contribution in [1.29, 1.82) is 0 Å². The molecule has 2 aromatic rings. The number of amides is 2. The maximum absolute atomic E-state index is 12.9. The van der Waals surface area contributed by atoms with E-state index in [1.165, 1.54) is 24.9 Å². The second-order valence-corrected chi connectivity index (χ2v) is 7.61. The van der Waals surface area contributed by atoms with Crippen LogP contribution in [0, 0.1) is 5.92 Å². The number of likely N-dealkylation sites (tertiary alicyclic amines) is 1. The van der Waals surface area contributed by atoms with Crippen LogP contribution in [0.15, 0.2) is 54.9 Å². The van der Waals surface area contributed by atoms with Gasteiger partial charge in [-0.1, -0.05) is 43.3 Å². The van der Waals surface area contributed by atoms with Gasteiger partial charge in [0.05, 0.1) is 0 Å². The summed E-state index contributed by atoms with van der Waals surface area (Å²) in [6.45, 7) is 7.60. The number of carbonyl (C=O) groups is 1. The Bertz CT molecular complexity index is 707. The summed E-state index contributed by atoms with van der Waals surface area (Å²) in [6, 6.07) is 14.3. The lowest BCUT2D eigenvalue weighted by atomic mass is 9.98. The molecule has 150 valence electrons. The van der Waals surface area contributed by atoms with Gasteiger partial charge in [0.25, 0.3) is 0 Å². The normalized spacial score (nSPS) is 17.2. The number of nitrogens with zero attached hydrogens (tertiary/aromatic N) is 3. The van der Waals surface area contributed by atoms with Crippen molar-refractivity contribution in [2.75, 3.05) is 32.7 Å². The zero-order chi connectivity index (χ0) is 19.6. The van der Waals surface area contributed by atoms with Crippen molar-refractivity contribution in [3.63, 3.8) is 0 Å². The molecule has 0 radical (unpaired) electrons. The monoisotopic (exact) mass is 380 g/mol. The Kier molecular flexibility index (Phi) is 7.85. The molecule has 0 spiro atoms. The molecule has 1 unspecified atom stereocenters. The molecule has 1 aromatic carbocycles. The predicted molar refractivity (Wildman–Crippen MR) is 113 cm³/mol. The minimum atomic E-state index is 0.0217. The average Bonchev–Trinajstić information content (AvgIpc) is 2.76. The smallest absolute Gasteiger partial charge is 0.317 e. The Morgan fingerprint density at radius 2 is 2.04 bits per heavy atom. The fourth-order valence-corrected chi connectivity index (χ4v) is 3.82. The first kappa shape index (κ1) is 20.3. The minimum absolute atomic E-state index is 0.0217. The van der Waals surface area contributed by atoms with Gasteiger partial charge in [0.2, 0.25) is 0 Å². The maximum Gasteiger partial charge on any atom is 0.317 e. The van der Waals surface area contributed by atoms with E-state index in [9.17, 15) is 4.79 Å². The van der Waals surface area contributed by atoms with Crippen LogP contribution >= 0.6 is 0 Å². The molecule has 0 aliphatic carbocycles. The lowest BCUT2D eigenvalue weighted by Crippen LogP contribution is -2.45. The molecule has 1 aliphatic rings. The Balaban J connectivity index is 1.57. The zero-order valence-corrected chi connectivity index (χ0v) is 16.9. The minimum Gasteiger partial charge on any atom is -0.338 e. The Morgan fingerprint density at radius 3 is 2.79 bits per heavy atom. The number of carbonyl (C=O) groups excluding carboxylic acids is 1. The van der Waals surface area contributed by atoms with Gasteiger partial charge in [0, 0.05) is 38.6 Å². The van der Waals surface area contributed by atoms with E-state index < -0.39 is 0 Å². The lowest BCUT2D eigenvalue weighted by Gasteiger charge is -2.32. The summed E-state index contributed by atoms with van der Waals surface area (Å²) in [5.74, 6) is 0.548. The van der Waals surface area contributed by atoms with Crippen LogP contribution in [0.5, 0.6) is 0 Å². The van der Waals surface area contributed by atoms with Crippen molar-refractivity contribution in [1.82, 2.24) is 20.1 Å². The number of rotatable bonds is 8. The molecule has 1 fully saturated rings. The van der Waals surface area contributed by atoms with E-state index in [1.807, 2.05) is 41.4 Å². The molecule has 1 N–H and O–H groups in total. The van der Waals surface area contributed by atoms with Crippen LogP contribution in [0.3, 0.4) is 0 Å². The number of benzene rings is 1. The third-order valence-corrected chi connectivity index (χ3v) is 5.49. The van der Waals surface area contributed by atoms with E-state index in [0.717, 1.165) is 31.6 Å². The van der Waals surface area contributed by atoms with Crippen molar-refractivity contribution in [2.45, 2.75) is 32.7 Å². The molecule has 1 saturated heterocycles. The van der Waals surface area contributed by atoms with E-state index in [-0.39, 0.29) is 6.03 Å². The van der Waals surface area contributed by atoms with Crippen molar-refractivity contribution < 1.29 is 4.79 Å². The number of urea groups is 1. The Hall–Kier alpha value is -2.40. The second kappa shape index (κ2) is 10.8.